The van der Waals surface area contributed by atoms with E-state index < -0.39 is 11.0 Å². The van der Waals surface area contributed by atoms with Gasteiger partial charge < -0.3 is 5.11 Å². The maximum Gasteiger partial charge on any atom is 0.294 e. The molecule has 0 amide bonds. The Morgan fingerprint density at radius 3 is 2.53 bits per heavy atom. The number of aliphatic hydroxyl groups is 1. The Kier molecular flexibility index (Phi) is 4.24. The van der Waals surface area contributed by atoms with E-state index in [1.807, 2.05) is 31.2 Å². The number of aliphatic hydroxyl groups excluding tert-OH is 1. The van der Waals surface area contributed by atoms with Crippen molar-refractivity contribution in [2.24, 2.45) is 0 Å². The van der Waals surface area contributed by atoms with Crippen LogP contribution >= 0.6 is 23.1 Å². The highest BCUT2D eigenvalue weighted by molar-refractivity contribution is 8.01. The molecule has 1 heterocycles. The second kappa shape index (κ2) is 5.73. The number of benzene rings is 1. The van der Waals surface area contributed by atoms with E-state index in [1.165, 1.54) is 29.2 Å². The summed E-state index contributed by atoms with van der Waals surface area (Å²) in [7, 11) is 0. The molecule has 0 fully saturated rings. The third-order valence-corrected chi connectivity index (χ3v) is 5.03. The van der Waals surface area contributed by atoms with Crippen LogP contribution in [0.3, 0.4) is 0 Å². The van der Waals surface area contributed by atoms with Crippen molar-refractivity contribution in [2.75, 3.05) is 0 Å². The lowest BCUT2D eigenvalue weighted by molar-refractivity contribution is -0.387. The average molecular weight is 295 g/mol. The number of nitrogens with zero attached hydrogens (tertiary/aromatic N) is 1. The van der Waals surface area contributed by atoms with Crippen LogP contribution < -0.4 is 0 Å². The number of nitro groups is 1. The first-order chi connectivity index (χ1) is 8.97. The van der Waals surface area contributed by atoms with Crippen molar-refractivity contribution in [3.05, 3.63) is 50.9 Å². The van der Waals surface area contributed by atoms with Crippen molar-refractivity contribution < 1.29 is 10.0 Å². The van der Waals surface area contributed by atoms with Crippen molar-refractivity contribution in [2.45, 2.75) is 29.1 Å². The molecule has 1 atom stereocenters. The van der Waals surface area contributed by atoms with E-state index in [-0.39, 0.29) is 5.69 Å². The summed E-state index contributed by atoms with van der Waals surface area (Å²) in [5.74, 6) is 0. The minimum atomic E-state index is -0.684. The van der Waals surface area contributed by atoms with E-state index in [0.717, 1.165) is 10.5 Å². The molecule has 0 aliphatic rings. The molecule has 0 unspecified atom stereocenters. The lowest BCUT2D eigenvalue weighted by Gasteiger charge is -1.99. The highest BCUT2D eigenvalue weighted by Gasteiger charge is 2.21. The first kappa shape index (κ1) is 14.0. The molecule has 0 radical (unpaired) electrons. The van der Waals surface area contributed by atoms with Crippen LogP contribution in [0.25, 0.3) is 0 Å². The van der Waals surface area contributed by atoms with Gasteiger partial charge in [-0.05, 0) is 26.0 Å². The first-order valence-corrected chi connectivity index (χ1v) is 7.31. The molecular formula is C13H13NO3S2. The van der Waals surface area contributed by atoms with Crippen LogP contribution in [0.4, 0.5) is 5.69 Å². The molecule has 1 N–H and O–H groups in total. The van der Waals surface area contributed by atoms with Gasteiger partial charge in [-0.3, -0.25) is 10.1 Å². The molecule has 0 aliphatic heterocycles. The Morgan fingerprint density at radius 2 is 2.00 bits per heavy atom. The minimum absolute atomic E-state index is 0.0616. The predicted molar refractivity (Wildman–Crippen MR) is 76.9 cm³/mol. The number of hydrogen-bond acceptors (Lipinski definition) is 5. The van der Waals surface area contributed by atoms with Crippen LogP contribution in [-0.4, -0.2) is 10.0 Å². The Morgan fingerprint density at radius 1 is 1.37 bits per heavy atom. The normalized spacial score (nSPS) is 12.4. The Bertz CT molecular complexity index is 590. The minimum Gasteiger partial charge on any atom is -0.388 e. The molecule has 0 saturated carbocycles. The fraction of sp³-hybridized carbons (Fsp3) is 0.231. The summed E-state index contributed by atoms with van der Waals surface area (Å²) >= 11 is 2.62. The van der Waals surface area contributed by atoms with E-state index in [1.54, 1.807) is 6.92 Å². The highest BCUT2D eigenvalue weighted by Crippen LogP contribution is 2.42. The standard InChI is InChI=1S/C13H13NO3S2/c1-8-3-5-10(6-4-8)18-13-11(14(16)17)7-12(19-13)9(2)15/h3-7,9,15H,1-2H3/t9-/m0/s1. The van der Waals surface area contributed by atoms with E-state index in [2.05, 4.69) is 0 Å². The van der Waals surface area contributed by atoms with E-state index >= 15 is 0 Å². The number of hydrogen-bond donors (Lipinski definition) is 1. The third-order valence-electron chi connectivity index (χ3n) is 2.54. The Hall–Kier alpha value is -1.37. The van der Waals surface area contributed by atoms with Crippen LogP contribution in [0.2, 0.25) is 0 Å². The smallest absolute Gasteiger partial charge is 0.294 e. The van der Waals surface area contributed by atoms with Gasteiger partial charge in [0.1, 0.15) is 4.21 Å². The summed E-state index contributed by atoms with van der Waals surface area (Å²) in [4.78, 5) is 12.2. The van der Waals surface area contributed by atoms with Crippen LogP contribution in [0, 0.1) is 17.0 Å². The van der Waals surface area contributed by atoms with E-state index in [9.17, 15) is 15.2 Å². The second-order valence-electron chi connectivity index (χ2n) is 4.17. The molecule has 2 aromatic rings. The zero-order chi connectivity index (χ0) is 14.0. The molecule has 0 spiro atoms. The molecule has 0 aliphatic carbocycles. The van der Waals surface area contributed by atoms with Gasteiger partial charge in [0.2, 0.25) is 0 Å². The van der Waals surface area contributed by atoms with E-state index in [4.69, 9.17) is 0 Å². The summed E-state index contributed by atoms with van der Waals surface area (Å²) in [6.07, 6.45) is -0.684. The number of aryl methyl sites for hydroxylation is 1. The maximum absolute atomic E-state index is 11.0. The zero-order valence-electron chi connectivity index (χ0n) is 10.5. The summed E-state index contributed by atoms with van der Waals surface area (Å²) in [5, 5.41) is 20.5. The highest BCUT2D eigenvalue weighted by atomic mass is 32.2. The largest absolute Gasteiger partial charge is 0.388 e. The topological polar surface area (TPSA) is 63.4 Å². The van der Waals surface area contributed by atoms with Gasteiger partial charge in [0, 0.05) is 15.8 Å². The number of thiophene rings is 1. The monoisotopic (exact) mass is 295 g/mol. The molecule has 100 valence electrons. The molecule has 1 aromatic carbocycles. The fourth-order valence-corrected chi connectivity index (χ4v) is 3.76. The SMILES string of the molecule is Cc1ccc(Sc2sc([C@H](C)O)cc2[N+](=O)[O-])cc1. The zero-order valence-corrected chi connectivity index (χ0v) is 12.1. The van der Waals surface area contributed by atoms with Crippen molar-refractivity contribution in [1.29, 1.82) is 0 Å². The van der Waals surface area contributed by atoms with Gasteiger partial charge in [0.15, 0.2) is 0 Å². The van der Waals surface area contributed by atoms with Crippen LogP contribution in [0.5, 0.6) is 0 Å². The lowest BCUT2D eigenvalue weighted by Crippen LogP contribution is -1.87. The molecule has 6 heteroatoms. The van der Waals surface area contributed by atoms with Gasteiger partial charge in [-0.15, -0.1) is 11.3 Å². The van der Waals surface area contributed by atoms with Crippen LogP contribution in [0.15, 0.2) is 39.4 Å². The average Bonchev–Trinajstić information content (AvgIpc) is 2.76. The fourth-order valence-electron chi connectivity index (χ4n) is 1.50. The van der Waals surface area contributed by atoms with Crippen molar-refractivity contribution >= 4 is 28.8 Å². The van der Waals surface area contributed by atoms with Crippen molar-refractivity contribution in [1.82, 2.24) is 0 Å². The summed E-state index contributed by atoms with van der Waals surface area (Å²) in [5.41, 5.74) is 1.21. The van der Waals surface area contributed by atoms with Crippen molar-refractivity contribution in [3.63, 3.8) is 0 Å². The van der Waals surface area contributed by atoms with Gasteiger partial charge in [-0.2, -0.15) is 0 Å². The van der Waals surface area contributed by atoms with E-state index in [0.29, 0.717) is 9.09 Å². The maximum atomic E-state index is 11.0. The Labute approximate surface area is 119 Å². The molecule has 2 rings (SSSR count). The first-order valence-electron chi connectivity index (χ1n) is 5.68. The molecule has 19 heavy (non-hydrogen) atoms. The quantitative estimate of drug-likeness (QED) is 0.679. The third kappa shape index (κ3) is 3.34. The lowest BCUT2D eigenvalue weighted by atomic mass is 10.2. The van der Waals surface area contributed by atoms with Crippen LogP contribution in [-0.2, 0) is 0 Å². The molecule has 1 aromatic heterocycles. The number of rotatable bonds is 4. The van der Waals surface area contributed by atoms with Crippen LogP contribution in [0.1, 0.15) is 23.5 Å². The molecule has 4 nitrogen and oxygen atoms in total. The van der Waals surface area contributed by atoms with Gasteiger partial charge in [0.25, 0.3) is 5.69 Å². The summed E-state index contributed by atoms with van der Waals surface area (Å²) in [6.45, 7) is 3.60. The molecular weight excluding hydrogens is 282 g/mol. The van der Waals surface area contributed by atoms with Gasteiger partial charge in [-0.1, -0.05) is 29.5 Å². The Balaban J connectivity index is 2.33. The van der Waals surface area contributed by atoms with Gasteiger partial charge in [-0.25, -0.2) is 0 Å². The van der Waals surface area contributed by atoms with Crippen molar-refractivity contribution in [3.8, 4) is 0 Å². The van der Waals surface area contributed by atoms with Gasteiger partial charge in [0.05, 0.1) is 11.0 Å². The van der Waals surface area contributed by atoms with Gasteiger partial charge >= 0.3 is 0 Å². The molecule has 0 saturated heterocycles. The summed E-state index contributed by atoms with van der Waals surface area (Å²) < 4.78 is 0.602. The predicted octanol–water partition coefficient (Wildman–Crippen LogP) is 4.17. The second-order valence-corrected chi connectivity index (χ2v) is 6.60. The summed E-state index contributed by atoms with van der Waals surface area (Å²) in [6, 6.07) is 9.26. The molecule has 0 bridgehead atoms.